The lowest BCUT2D eigenvalue weighted by Gasteiger charge is -2.28. The van der Waals surface area contributed by atoms with Crippen LogP contribution in [0.3, 0.4) is 0 Å². The molecule has 1 aromatic heterocycles. The average molecular weight is 548 g/mol. The Bertz CT molecular complexity index is 1340. The van der Waals surface area contributed by atoms with Gasteiger partial charge in [0.2, 0.25) is 0 Å². The van der Waals surface area contributed by atoms with Crippen LogP contribution in [-0.2, 0) is 16.0 Å². The highest BCUT2D eigenvalue weighted by atomic mass is 19.4. The molecule has 1 heterocycles. The average Bonchev–Trinajstić information content (AvgIpc) is 2.85. The lowest BCUT2D eigenvalue weighted by Crippen LogP contribution is -2.40. The monoisotopic (exact) mass is 547 g/mol. The van der Waals surface area contributed by atoms with E-state index < -0.39 is 48.4 Å². The third-order valence-electron chi connectivity index (χ3n) is 6.59. The minimum absolute atomic E-state index is 0.0953. The first-order valence-electron chi connectivity index (χ1n) is 13.0. The minimum atomic E-state index is -4.66. The van der Waals surface area contributed by atoms with Gasteiger partial charge in [0.1, 0.15) is 30.5 Å². The van der Waals surface area contributed by atoms with Crippen molar-refractivity contribution in [3.05, 3.63) is 64.5 Å². The summed E-state index contributed by atoms with van der Waals surface area (Å²) in [7, 11) is 0. The van der Waals surface area contributed by atoms with Crippen molar-refractivity contribution < 1.29 is 31.9 Å². The lowest BCUT2D eigenvalue weighted by molar-refractivity contribution is -0.198. The van der Waals surface area contributed by atoms with Gasteiger partial charge in [-0.25, -0.2) is 4.79 Å². The van der Waals surface area contributed by atoms with Crippen molar-refractivity contribution in [1.82, 2.24) is 0 Å². The number of halogens is 3. The van der Waals surface area contributed by atoms with E-state index in [0.717, 1.165) is 17.5 Å². The predicted octanol–water partition coefficient (Wildman–Crippen LogP) is 6.52. The Morgan fingerprint density at radius 2 is 1.72 bits per heavy atom. The highest BCUT2D eigenvalue weighted by molar-refractivity contribution is 5.83. The van der Waals surface area contributed by atoms with Gasteiger partial charge in [0, 0.05) is 17.0 Å². The molecule has 0 saturated carbocycles. The Morgan fingerprint density at radius 3 is 2.33 bits per heavy atom. The number of alkyl halides is 3. The molecule has 3 aromatic rings. The Morgan fingerprint density at radius 1 is 1.03 bits per heavy atom. The SMILES string of the molecule is CCc1ccccc1-c1cc2ccc(OCC(COC(=O)C(CC(C)(C)N)C(C)C)C(F)(F)F)cc2oc1=O. The van der Waals surface area contributed by atoms with E-state index in [2.05, 4.69) is 0 Å². The second-order valence-corrected chi connectivity index (χ2v) is 10.9. The van der Waals surface area contributed by atoms with Crippen molar-refractivity contribution in [2.75, 3.05) is 13.2 Å². The maximum absolute atomic E-state index is 13.7. The van der Waals surface area contributed by atoms with Crippen LogP contribution in [0.25, 0.3) is 22.1 Å². The zero-order valence-electron chi connectivity index (χ0n) is 22.9. The fourth-order valence-electron chi connectivity index (χ4n) is 4.34. The zero-order valence-corrected chi connectivity index (χ0v) is 22.9. The fraction of sp³-hybridized carbons (Fsp3) is 0.467. The lowest BCUT2D eigenvalue weighted by atomic mass is 9.84. The first-order valence-corrected chi connectivity index (χ1v) is 13.0. The van der Waals surface area contributed by atoms with Crippen molar-refractivity contribution in [1.29, 1.82) is 0 Å². The number of carbonyl (C=O) groups excluding carboxylic acids is 1. The smallest absolute Gasteiger partial charge is 0.398 e. The van der Waals surface area contributed by atoms with Gasteiger partial charge < -0.3 is 19.6 Å². The third-order valence-corrected chi connectivity index (χ3v) is 6.59. The highest BCUT2D eigenvalue weighted by Gasteiger charge is 2.42. The van der Waals surface area contributed by atoms with Gasteiger partial charge in [0.25, 0.3) is 0 Å². The number of nitrogens with two attached hydrogens (primary N) is 1. The molecule has 0 aliphatic rings. The molecule has 0 saturated heterocycles. The largest absolute Gasteiger partial charge is 0.493 e. The molecular weight excluding hydrogens is 511 g/mol. The number of hydrogen-bond acceptors (Lipinski definition) is 6. The van der Waals surface area contributed by atoms with E-state index >= 15 is 0 Å². The molecule has 0 fully saturated rings. The molecule has 0 aliphatic heterocycles. The molecule has 2 atom stereocenters. The van der Waals surface area contributed by atoms with E-state index in [9.17, 15) is 22.8 Å². The Balaban J connectivity index is 1.74. The van der Waals surface area contributed by atoms with Gasteiger partial charge in [-0.1, -0.05) is 45.0 Å². The van der Waals surface area contributed by atoms with Gasteiger partial charge in [-0.2, -0.15) is 13.2 Å². The van der Waals surface area contributed by atoms with Crippen molar-refractivity contribution >= 4 is 16.9 Å². The van der Waals surface area contributed by atoms with Crippen molar-refractivity contribution in [2.45, 2.75) is 59.2 Å². The summed E-state index contributed by atoms with van der Waals surface area (Å²) < 4.78 is 57.2. The van der Waals surface area contributed by atoms with Gasteiger partial charge in [-0.15, -0.1) is 0 Å². The molecule has 39 heavy (non-hydrogen) atoms. The summed E-state index contributed by atoms with van der Waals surface area (Å²) in [6.07, 6.45) is -3.64. The first-order chi connectivity index (χ1) is 18.2. The Hall–Kier alpha value is -3.33. The number of fused-ring (bicyclic) bond motifs is 1. The van der Waals surface area contributed by atoms with Crippen LogP contribution >= 0.6 is 0 Å². The van der Waals surface area contributed by atoms with Crippen LogP contribution in [-0.4, -0.2) is 30.9 Å². The number of rotatable bonds is 11. The molecule has 2 unspecified atom stereocenters. The standard InChI is InChI=1S/C30H36F3NO5/c1-6-19-9-7-8-10-23(19)24-13-20-11-12-22(14-26(20)39-28(24)36)37-16-21(30(31,32)33)17-38-27(35)25(18(2)3)15-29(4,5)34/h7-14,18,21,25H,6,15-17,34H2,1-5H3. The van der Waals surface area contributed by atoms with E-state index in [1.165, 1.54) is 12.1 Å². The van der Waals surface area contributed by atoms with E-state index in [1.54, 1.807) is 39.8 Å². The highest BCUT2D eigenvalue weighted by Crippen LogP contribution is 2.31. The van der Waals surface area contributed by atoms with Crippen LogP contribution in [0.15, 0.2) is 57.7 Å². The molecule has 6 nitrogen and oxygen atoms in total. The van der Waals surface area contributed by atoms with Gasteiger partial charge in [-0.3, -0.25) is 4.79 Å². The minimum Gasteiger partial charge on any atom is -0.493 e. The molecule has 2 aromatic carbocycles. The summed E-state index contributed by atoms with van der Waals surface area (Å²) in [5, 5.41) is 0.603. The van der Waals surface area contributed by atoms with Gasteiger partial charge >= 0.3 is 17.8 Å². The Kier molecular flexibility index (Phi) is 9.48. The van der Waals surface area contributed by atoms with Gasteiger partial charge in [0.15, 0.2) is 0 Å². The molecule has 3 rings (SSSR count). The van der Waals surface area contributed by atoms with Crippen LogP contribution < -0.4 is 16.1 Å². The summed E-state index contributed by atoms with van der Waals surface area (Å²) >= 11 is 0. The van der Waals surface area contributed by atoms with E-state index in [-0.39, 0.29) is 23.7 Å². The van der Waals surface area contributed by atoms with E-state index in [1.807, 2.05) is 31.2 Å². The second kappa shape index (κ2) is 12.2. The summed E-state index contributed by atoms with van der Waals surface area (Å²) in [6.45, 7) is 7.43. The van der Waals surface area contributed by atoms with Crippen molar-refractivity contribution in [2.24, 2.45) is 23.5 Å². The molecule has 0 aliphatic carbocycles. The number of carbonyl (C=O) groups is 1. The summed E-state index contributed by atoms with van der Waals surface area (Å²) in [6, 6.07) is 13.7. The fourth-order valence-corrected chi connectivity index (χ4v) is 4.34. The maximum Gasteiger partial charge on any atom is 0.398 e. The molecule has 0 bridgehead atoms. The molecule has 212 valence electrons. The summed E-state index contributed by atoms with van der Waals surface area (Å²) in [4.78, 5) is 25.3. The molecule has 9 heteroatoms. The van der Waals surface area contributed by atoms with E-state index in [4.69, 9.17) is 19.6 Å². The van der Waals surface area contributed by atoms with Gasteiger partial charge in [-0.05, 0) is 61.9 Å². The van der Waals surface area contributed by atoms with Crippen LogP contribution in [0.2, 0.25) is 0 Å². The van der Waals surface area contributed by atoms with Gasteiger partial charge in [0.05, 0.1) is 11.5 Å². The maximum atomic E-state index is 13.7. The van der Waals surface area contributed by atoms with Crippen molar-refractivity contribution in [3.63, 3.8) is 0 Å². The van der Waals surface area contributed by atoms with E-state index in [0.29, 0.717) is 10.9 Å². The summed E-state index contributed by atoms with van der Waals surface area (Å²) in [5.41, 5.74) is 7.15. The van der Waals surface area contributed by atoms with Crippen LogP contribution in [0, 0.1) is 17.8 Å². The Labute approximate surface area is 226 Å². The van der Waals surface area contributed by atoms with Crippen LogP contribution in [0.1, 0.15) is 46.6 Å². The molecule has 0 radical (unpaired) electrons. The first kappa shape index (κ1) is 30.2. The number of ether oxygens (including phenoxy) is 2. The number of esters is 1. The molecule has 0 spiro atoms. The third kappa shape index (κ3) is 8.08. The van der Waals surface area contributed by atoms with Crippen molar-refractivity contribution in [3.8, 4) is 16.9 Å². The van der Waals surface area contributed by atoms with Crippen LogP contribution in [0.4, 0.5) is 13.2 Å². The second-order valence-electron chi connectivity index (χ2n) is 10.9. The predicted molar refractivity (Wildman–Crippen MR) is 145 cm³/mol. The molecule has 2 N–H and O–H groups in total. The zero-order chi connectivity index (χ0) is 29.0. The number of benzene rings is 2. The topological polar surface area (TPSA) is 91.8 Å². The molecule has 0 amide bonds. The number of aryl methyl sites for hydroxylation is 1. The normalized spacial score (nSPS) is 13.9. The quantitative estimate of drug-likeness (QED) is 0.217. The number of hydrogen-bond donors (Lipinski definition) is 1. The molecular formula is C30H36F3NO5. The summed E-state index contributed by atoms with van der Waals surface area (Å²) in [5.74, 6) is -3.44. The van der Waals surface area contributed by atoms with Crippen LogP contribution in [0.5, 0.6) is 5.75 Å².